The van der Waals surface area contributed by atoms with Crippen LogP contribution in [0.3, 0.4) is 0 Å². The zero-order valence-electron chi connectivity index (χ0n) is 17.4. The number of nitrogens with two attached hydrogens (primary N) is 1. The van der Waals surface area contributed by atoms with Crippen LogP contribution in [0.2, 0.25) is 0 Å². The second kappa shape index (κ2) is 8.44. The minimum atomic E-state index is -4.35. The van der Waals surface area contributed by atoms with Crippen LogP contribution in [-0.4, -0.2) is 27.1 Å². The lowest BCUT2D eigenvalue weighted by Gasteiger charge is -2.21. The molecule has 0 radical (unpaired) electrons. The minimum absolute atomic E-state index is 0.137. The molecule has 0 unspecified atom stereocenters. The number of nitrogens with zero attached hydrogens (tertiary/aromatic N) is 2. The average molecular weight is 462 g/mol. The molecule has 6 nitrogen and oxygen atoms in total. The minimum Gasteiger partial charge on any atom is -0.360 e. The van der Waals surface area contributed by atoms with Gasteiger partial charge in [-0.15, -0.1) is 0 Å². The third kappa shape index (κ3) is 4.42. The maximum absolute atomic E-state index is 12.8. The van der Waals surface area contributed by atoms with Gasteiger partial charge < -0.3 is 16.0 Å². The first kappa shape index (κ1) is 22.1. The Morgan fingerprint density at radius 3 is 2.62 bits per heavy atom. The highest BCUT2D eigenvalue weighted by atomic mass is 32.1. The fourth-order valence-corrected chi connectivity index (χ4v) is 4.29. The van der Waals surface area contributed by atoms with Gasteiger partial charge in [-0.05, 0) is 41.3 Å². The van der Waals surface area contributed by atoms with Gasteiger partial charge >= 0.3 is 11.9 Å². The number of anilines is 1. The molecule has 0 aliphatic heterocycles. The molecule has 4 rings (SSSR count). The SMILES string of the molecule is C[C@@H](c1ccc(C(F)(F)F)cc1)[C@@H](N)CNc1ncc(-c2ccc3[nH]c(=O)n(C)c3c2)s1. The van der Waals surface area contributed by atoms with Gasteiger partial charge in [0.1, 0.15) is 0 Å². The van der Waals surface area contributed by atoms with Crippen LogP contribution in [0, 0.1) is 0 Å². The van der Waals surface area contributed by atoms with Gasteiger partial charge in [-0.2, -0.15) is 13.2 Å². The van der Waals surface area contributed by atoms with Crippen molar-refractivity contribution in [3.05, 3.63) is 70.3 Å². The van der Waals surface area contributed by atoms with Crippen LogP contribution in [0.4, 0.5) is 18.3 Å². The molecule has 168 valence electrons. The largest absolute Gasteiger partial charge is 0.416 e. The Bertz CT molecular complexity index is 1290. The summed E-state index contributed by atoms with van der Waals surface area (Å²) in [6.07, 6.45) is -2.60. The van der Waals surface area contributed by atoms with Crippen LogP contribution >= 0.6 is 11.3 Å². The van der Waals surface area contributed by atoms with E-state index in [0.717, 1.165) is 39.2 Å². The van der Waals surface area contributed by atoms with Crippen molar-refractivity contribution in [3.8, 4) is 10.4 Å². The molecular formula is C22H22F3N5OS. The summed E-state index contributed by atoms with van der Waals surface area (Å²) in [6.45, 7) is 2.30. The van der Waals surface area contributed by atoms with E-state index in [1.54, 1.807) is 17.8 Å². The standard InChI is InChI=1S/C22H22F3N5OS/c1-12(13-3-6-15(7-4-13)22(23,24)25)16(26)10-27-20-28-11-19(32-20)14-5-8-17-18(9-14)30(2)21(31)29-17/h3-9,11-12,16H,10,26H2,1-2H3,(H,27,28)(H,29,31)/t12-,16-/m0/s1. The number of benzene rings is 2. The second-order valence-corrected chi connectivity index (χ2v) is 8.73. The quantitative estimate of drug-likeness (QED) is 0.393. The van der Waals surface area contributed by atoms with Crippen LogP contribution in [-0.2, 0) is 13.2 Å². The number of nitrogens with one attached hydrogen (secondary N) is 2. The lowest BCUT2D eigenvalue weighted by molar-refractivity contribution is -0.137. The number of aromatic amines is 1. The number of rotatable bonds is 6. The summed E-state index contributed by atoms with van der Waals surface area (Å²) in [7, 11) is 1.71. The fraction of sp³-hybridized carbons (Fsp3) is 0.273. The van der Waals surface area contributed by atoms with Crippen LogP contribution in [0.5, 0.6) is 0 Å². The molecule has 0 saturated heterocycles. The predicted octanol–water partition coefficient (Wildman–Crippen LogP) is 4.55. The van der Waals surface area contributed by atoms with Gasteiger partial charge in [-0.3, -0.25) is 4.57 Å². The Morgan fingerprint density at radius 1 is 1.22 bits per heavy atom. The van der Waals surface area contributed by atoms with Crippen LogP contribution in [0.1, 0.15) is 24.0 Å². The highest BCUT2D eigenvalue weighted by molar-refractivity contribution is 7.18. The van der Waals surface area contributed by atoms with Crippen molar-refractivity contribution >= 4 is 27.5 Å². The van der Waals surface area contributed by atoms with Crippen LogP contribution in [0.15, 0.2) is 53.5 Å². The molecule has 0 saturated carbocycles. The van der Waals surface area contributed by atoms with Gasteiger partial charge in [-0.25, -0.2) is 9.78 Å². The van der Waals surface area contributed by atoms with E-state index < -0.39 is 11.7 Å². The highest BCUT2D eigenvalue weighted by Crippen LogP contribution is 2.32. The van der Waals surface area contributed by atoms with E-state index in [1.165, 1.54) is 23.5 Å². The monoisotopic (exact) mass is 461 g/mol. The molecule has 2 heterocycles. The molecule has 0 spiro atoms. The summed E-state index contributed by atoms with van der Waals surface area (Å²) in [5, 5.41) is 3.91. The van der Waals surface area contributed by atoms with Crippen molar-refractivity contribution < 1.29 is 13.2 Å². The Labute approximate surface area is 185 Å². The van der Waals surface area contributed by atoms with Crippen molar-refractivity contribution in [1.29, 1.82) is 0 Å². The number of halogens is 3. The van der Waals surface area contributed by atoms with Crippen molar-refractivity contribution in [1.82, 2.24) is 14.5 Å². The smallest absolute Gasteiger partial charge is 0.360 e. The first-order valence-electron chi connectivity index (χ1n) is 9.95. The van der Waals surface area contributed by atoms with E-state index in [-0.39, 0.29) is 17.6 Å². The first-order valence-corrected chi connectivity index (χ1v) is 10.8. The van der Waals surface area contributed by atoms with Gasteiger partial charge in [0.2, 0.25) is 0 Å². The first-order chi connectivity index (χ1) is 15.1. The van der Waals surface area contributed by atoms with Crippen molar-refractivity contribution in [3.63, 3.8) is 0 Å². The Hall–Kier alpha value is -3.11. The number of alkyl halides is 3. The van der Waals surface area contributed by atoms with E-state index in [2.05, 4.69) is 15.3 Å². The van der Waals surface area contributed by atoms with Gasteiger partial charge in [-0.1, -0.05) is 36.5 Å². The summed E-state index contributed by atoms with van der Waals surface area (Å²) in [5.74, 6) is -0.137. The molecule has 4 N–H and O–H groups in total. The molecule has 0 aliphatic rings. The lowest BCUT2D eigenvalue weighted by Crippen LogP contribution is -2.34. The van der Waals surface area contributed by atoms with Gasteiger partial charge in [0, 0.05) is 25.8 Å². The Kier molecular flexibility index (Phi) is 5.83. The molecule has 0 aliphatic carbocycles. The third-order valence-electron chi connectivity index (χ3n) is 5.59. The summed E-state index contributed by atoms with van der Waals surface area (Å²) in [6, 6.07) is 10.5. The summed E-state index contributed by atoms with van der Waals surface area (Å²) in [5.41, 5.74) is 8.71. The van der Waals surface area contributed by atoms with E-state index >= 15 is 0 Å². The lowest BCUT2D eigenvalue weighted by atomic mass is 9.93. The maximum atomic E-state index is 12.8. The zero-order valence-corrected chi connectivity index (χ0v) is 18.2. The fourth-order valence-electron chi connectivity index (χ4n) is 3.47. The number of aryl methyl sites for hydroxylation is 1. The topological polar surface area (TPSA) is 88.7 Å². The Morgan fingerprint density at radius 2 is 1.94 bits per heavy atom. The second-order valence-electron chi connectivity index (χ2n) is 7.70. The predicted molar refractivity (Wildman–Crippen MR) is 121 cm³/mol. The molecule has 0 bridgehead atoms. The number of hydrogen-bond acceptors (Lipinski definition) is 5. The van der Waals surface area contributed by atoms with Gasteiger partial charge in [0.05, 0.1) is 21.5 Å². The third-order valence-corrected chi connectivity index (χ3v) is 6.59. The van der Waals surface area contributed by atoms with Crippen LogP contribution < -0.4 is 16.7 Å². The van der Waals surface area contributed by atoms with Crippen molar-refractivity contribution in [2.45, 2.75) is 25.1 Å². The number of hydrogen-bond donors (Lipinski definition) is 3. The molecule has 2 atom stereocenters. The van der Waals surface area contributed by atoms with E-state index in [0.29, 0.717) is 11.7 Å². The number of imidazole rings is 1. The van der Waals surface area contributed by atoms with Gasteiger partial charge in [0.15, 0.2) is 5.13 Å². The summed E-state index contributed by atoms with van der Waals surface area (Å²) >= 11 is 1.46. The molecule has 32 heavy (non-hydrogen) atoms. The van der Waals surface area contributed by atoms with E-state index in [4.69, 9.17) is 5.73 Å². The average Bonchev–Trinajstić information content (AvgIpc) is 3.35. The van der Waals surface area contributed by atoms with E-state index in [9.17, 15) is 18.0 Å². The number of aromatic nitrogens is 3. The molecule has 4 aromatic rings. The zero-order chi connectivity index (χ0) is 23.0. The van der Waals surface area contributed by atoms with Crippen molar-refractivity contribution in [2.24, 2.45) is 12.8 Å². The van der Waals surface area contributed by atoms with Gasteiger partial charge in [0.25, 0.3) is 0 Å². The molecule has 2 aromatic carbocycles. The number of thiazole rings is 1. The summed E-state index contributed by atoms with van der Waals surface area (Å²) in [4.78, 5) is 19.9. The summed E-state index contributed by atoms with van der Waals surface area (Å²) < 4.78 is 39.8. The molecule has 0 amide bonds. The van der Waals surface area contributed by atoms with Crippen molar-refractivity contribution in [2.75, 3.05) is 11.9 Å². The Balaban J connectivity index is 1.41. The molecule has 10 heteroatoms. The van der Waals surface area contributed by atoms with E-state index in [1.807, 2.05) is 25.1 Å². The van der Waals surface area contributed by atoms with Crippen LogP contribution in [0.25, 0.3) is 21.5 Å². The highest BCUT2D eigenvalue weighted by Gasteiger charge is 2.30. The molecule has 0 fully saturated rings. The number of fused-ring (bicyclic) bond motifs is 1. The molecule has 2 aromatic heterocycles. The number of H-pyrrole nitrogens is 1. The molecular weight excluding hydrogens is 439 g/mol. The normalized spacial score (nSPS) is 13.9. The maximum Gasteiger partial charge on any atom is 0.416 e.